The molecule has 1 unspecified atom stereocenters. The van der Waals surface area contributed by atoms with E-state index < -0.39 is 10.0 Å². The molecule has 0 bridgehead atoms. The summed E-state index contributed by atoms with van der Waals surface area (Å²) in [5.41, 5.74) is 0. The van der Waals surface area contributed by atoms with Crippen molar-refractivity contribution in [1.82, 2.24) is 4.31 Å². The molecule has 1 N–H and O–H groups in total. The highest BCUT2D eigenvalue weighted by Gasteiger charge is 2.33. The number of ether oxygens (including phenoxy) is 1. The molecule has 1 fully saturated rings. The summed E-state index contributed by atoms with van der Waals surface area (Å²) in [5.74, 6) is 0.289. The van der Waals surface area contributed by atoms with Gasteiger partial charge in [0.25, 0.3) is 10.0 Å². The maximum Gasteiger partial charge on any atom is 0.252 e. The number of thiophene rings is 1. The predicted octanol–water partition coefficient (Wildman–Crippen LogP) is 0.940. The van der Waals surface area contributed by atoms with Gasteiger partial charge in [-0.15, -0.1) is 11.3 Å². The molecular formula is C12H19NO4S2. The molecule has 0 amide bonds. The van der Waals surface area contributed by atoms with Crippen LogP contribution in [-0.2, 0) is 21.2 Å². The van der Waals surface area contributed by atoms with Crippen molar-refractivity contribution in [2.45, 2.75) is 17.1 Å². The number of aliphatic hydroxyl groups excluding tert-OH is 1. The quantitative estimate of drug-likeness (QED) is 0.849. The Morgan fingerprint density at radius 2 is 2.32 bits per heavy atom. The van der Waals surface area contributed by atoms with E-state index in [9.17, 15) is 8.42 Å². The predicted molar refractivity (Wildman–Crippen MR) is 73.9 cm³/mol. The lowest BCUT2D eigenvalue weighted by Crippen LogP contribution is -2.28. The van der Waals surface area contributed by atoms with Gasteiger partial charge < -0.3 is 9.84 Å². The van der Waals surface area contributed by atoms with Crippen LogP contribution in [0.3, 0.4) is 0 Å². The summed E-state index contributed by atoms with van der Waals surface area (Å²) < 4.78 is 31.9. The lowest BCUT2D eigenvalue weighted by molar-refractivity contribution is 0.157. The van der Waals surface area contributed by atoms with E-state index in [1.807, 2.05) is 0 Å². The topological polar surface area (TPSA) is 66.8 Å². The van der Waals surface area contributed by atoms with E-state index >= 15 is 0 Å². The van der Waals surface area contributed by atoms with Gasteiger partial charge in [0.2, 0.25) is 0 Å². The molecule has 19 heavy (non-hydrogen) atoms. The van der Waals surface area contributed by atoms with Crippen molar-refractivity contribution in [2.75, 3.05) is 33.4 Å². The number of rotatable bonds is 6. The molecule has 1 saturated heterocycles. The van der Waals surface area contributed by atoms with Crippen LogP contribution < -0.4 is 0 Å². The molecule has 0 saturated carbocycles. The zero-order chi connectivity index (χ0) is 13.9. The smallest absolute Gasteiger partial charge is 0.252 e. The van der Waals surface area contributed by atoms with E-state index in [1.165, 1.54) is 15.6 Å². The van der Waals surface area contributed by atoms with E-state index in [0.29, 0.717) is 30.3 Å². The fourth-order valence-electron chi connectivity index (χ4n) is 2.26. The van der Waals surface area contributed by atoms with Gasteiger partial charge in [0.15, 0.2) is 0 Å². The van der Waals surface area contributed by atoms with E-state index in [4.69, 9.17) is 9.84 Å². The molecule has 2 rings (SSSR count). The highest BCUT2D eigenvalue weighted by atomic mass is 32.2. The zero-order valence-electron chi connectivity index (χ0n) is 10.9. The first-order valence-corrected chi connectivity index (χ1v) is 8.52. The molecule has 1 aliphatic rings. The second kappa shape index (κ2) is 6.32. The third-order valence-corrected chi connectivity index (χ3v) is 6.72. The Balaban J connectivity index is 2.09. The van der Waals surface area contributed by atoms with Crippen molar-refractivity contribution in [3.8, 4) is 0 Å². The zero-order valence-corrected chi connectivity index (χ0v) is 12.5. The van der Waals surface area contributed by atoms with Crippen molar-refractivity contribution < 1.29 is 18.3 Å². The van der Waals surface area contributed by atoms with Crippen molar-refractivity contribution >= 4 is 21.4 Å². The molecule has 108 valence electrons. The van der Waals surface area contributed by atoms with Crippen LogP contribution in [0.15, 0.2) is 16.3 Å². The second-order valence-electron chi connectivity index (χ2n) is 4.67. The van der Waals surface area contributed by atoms with E-state index in [2.05, 4.69) is 0 Å². The molecule has 0 aromatic carbocycles. The molecule has 5 nitrogen and oxygen atoms in total. The third-order valence-electron chi connectivity index (χ3n) is 3.24. The molecule has 0 aliphatic carbocycles. The van der Waals surface area contributed by atoms with Gasteiger partial charge in [-0.05, 0) is 24.5 Å². The Labute approximate surface area is 117 Å². The van der Waals surface area contributed by atoms with Crippen LogP contribution in [0.2, 0.25) is 0 Å². The van der Waals surface area contributed by atoms with Crippen LogP contribution >= 0.6 is 11.3 Å². The number of nitrogens with zero attached hydrogens (tertiary/aromatic N) is 1. The largest absolute Gasteiger partial charge is 0.396 e. The van der Waals surface area contributed by atoms with Crippen molar-refractivity contribution in [1.29, 1.82) is 0 Å². The summed E-state index contributed by atoms with van der Waals surface area (Å²) in [6.07, 6.45) is 1.36. The first kappa shape index (κ1) is 14.9. The standard InChI is InChI=1S/C12H19NO4S2/c1-17-9-10-4-6-13(8-10)19(15,16)12-3-2-11(18-12)5-7-14/h2-3,10,14H,4-9H2,1H3. The fraction of sp³-hybridized carbons (Fsp3) is 0.667. The highest BCUT2D eigenvalue weighted by molar-refractivity contribution is 7.91. The van der Waals surface area contributed by atoms with Gasteiger partial charge in [0.05, 0.1) is 6.61 Å². The summed E-state index contributed by atoms with van der Waals surface area (Å²) in [5, 5.41) is 8.87. The first-order chi connectivity index (χ1) is 9.07. The van der Waals surface area contributed by atoms with Crippen molar-refractivity contribution in [3.05, 3.63) is 17.0 Å². The molecule has 1 aliphatic heterocycles. The van der Waals surface area contributed by atoms with Gasteiger partial charge in [-0.2, -0.15) is 4.31 Å². The molecule has 1 atom stereocenters. The Kier molecular flexibility index (Phi) is 4.97. The minimum absolute atomic E-state index is 0.0413. The molecule has 1 aromatic heterocycles. The number of methoxy groups -OCH3 is 1. The van der Waals surface area contributed by atoms with Gasteiger partial charge >= 0.3 is 0 Å². The number of hydrogen-bond donors (Lipinski definition) is 1. The SMILES string of the molecule is COCC1CCN(S(=O)(=O)c2ccc(CCO)s2)C1. The number of sulfonamides is 1. The van der Waals surface area contributed by atoms with Crippen LogP contribution in [0.5, 0.6) is 0 Å². The fourth-order valence-corrected chi connectivity index (χ4v) is 5.29. The van der Waals surface area contributed by atoms with Crippen LogP contribution in [0.4, 0.5) is 0 Å². The van der Waals surface area contributed by atoms with Gasteiger partial charge in [-0.1, -0.05) is 0 Å². The van der Waals surface area contributed by atoms with Crippen molar-refractivity contribution in [2.24, 2.45) is 5.92 Å². The summed E-state index contributed by atoms with van der Waals surface area (Å²) in [7, 11) is -1.74. The summed E-state index contributed by atoms with van der Waals surface area (Å²) >= 11 is 1.24. The van der Waals surface area contributed by atoms with E-state index in [1.54, 1.807) is 19.2 Å². The molecule has 7 heteroatoms. The maximum absolute atomic E-state index is 12.4. The van der Waals surface area contributed by atoms with Gasteiger partial charge in [0, 0.05) is 38.1 Å². The van der Waals surface area contributed by atoms with E-state index in [-0.39, 0.29) is 12.5 Å². The normalized spacial score (nSPS) is 21.1. The minimum atomic E-state index is -3.37. The van der Waals surface area contributed by atoms with Crippen LogP contribution in [0.1, 0.15) is 11.3 Å². The Morgan fingerprint density at radius 3 is 3.00 bits per heavy atom. The van der Waals surface area contributed by atoms with Crippen LogP contribution in [-0.4, -0.2) is 51.2 Å². The molecule has 0 radical (unpaired) electrons. The Bertz CT molecular complexity index is 512. The first-order valence-electron chi connectivity index (χ1n) is 6.26. The number of hydrogen-bond acceptors (Lipinski definition) is 5. The third kappa shape index (κ3) is 3.35. The van der Waals surface area contributed by atoms with Crippen molar-refractivity contribution in [3.63, 3.8) is 0 Å². The van der Waals surface area contributed by atoms with Gasteiger partial charge in [0.1, 0.15) is 4.21 Å². The van der Waals surface area contributed by atoms with Gasteiger partial charge in [-0.3, -0.25) is 0 Å². The van der Waals surface area contributed by atoms with E-state index in [0.717, 1.165) is 11.3 Å². The second-order valence-corrected chi connectivity index (χ2v) is 8.00. The molecular weight excluding hydrogens is 286 g/mol. The summed E-state index contributed by atoms with van der Waals surface area (Å²) in [4.78, 5) is 0.897. The summed E-state index contributed by atoms with van der Waals surface area (Å²) in [6, 6.07) is 3.41. The Morgan fingerprint density at radius 1 is 1.53 bits per heavy atom. The minimum Gasteiger partial charge on any atom is -0.396 e. The molecule has 1 aromatic rings. The van der Waals surface area contributed by atoms with Crippen LogP contribution in [0, 0.1) is 5.92 Å². The van der Waals surface area contributed by atoms with Gasteiger partial charge in [-0.25, -0.2) is 8.42 Å². The lowest BCUT2D eigenvalue weighted by atomic mass is 10.1. The average Bonchev–Trinajstić information content (AvgIpc) is 2.99. The maximum atomic E-state index is 12.4. The average molecular weight is 305 g/mol. The Hall–Kier alpha value is -0.470. The summed E-state index contributed by atoms with van der Waals surface area (Å²) in [6.45, 7) is 1.73. The molecule has 2 heterocycles. The number of aliphatic hydroxyl groups is 1. The highest BCUT2D eigenvalue weighted by Crippen LogP contribution is 2.29. The monoisotopic (exact) mass is 305 g/mol. The van der Waals surface area contributed by atoms with Crippen LogP contribution in [0.25, 0.3) is 0 Å². The molecule has 0 spiro atoms. The lowest BCUT2D eigenvalue weighted by Gasteiger charge is -2.15.